The van der Waals surface area contributed by atoms with Gasteiger partial charge in [-0.3, -0.25) is 4.79 Å². The molecular formula is C6H14ClNO2. The Labute approximate surface area is 67.0 Å². The Hall–Kier alpha value is -0.280. The molecule has 0 fully saturated rings. The van der Waals surface area contributed by atoms with E-state index in [-0.39, 0.29) is 24.7 Å². The predicted octanol–water partition coefficient (Wildman–Crippen LogP) is 0.868. The first kappa shape index (κ1) is 12.4. The highest BCUT2D eigenvalue weighted by Gasteiger charge is 2.07. The molecule has 0 aliphatic carbocycles. The highest BCUT2D eigenvalue weighted by atomic mass is 35.5. The van der Waals surface area contributed by atoms with Crippen molar-refractivity contribution in [3.8, 4) is 0 Å². The summed E-state index contributed by atoms with van der Waals surface area (Å²) in [5, 5.41) is 8.29. The highest BCUT2D eigenvalue weighted by molar-refractivity contribution is 5.85. The summed E-state index contributed by atoms with van der Waals surface area (Å²) >= 11 is 0. The van der Waals surface area contributed by atoms with E-state index in [1.807, 2.05) is 6.92 Å². The summed E-state index contributed by atoms with van der Waals surface area (Å²) in [7, 11) is 0. The zero-order valence-corrected chi connectivity index (χ0v) is 6.86. The summed E-state index contributed by atoms with van der Waals surface area (Å²) in [4.78, 5) is 10.1. The van der Waals surface area contributed by atoms with E-state index in [9.17, 15) is 4.79 Å². The van der Waals surface area contributed by atoms with Crippen LogP contribution in [0.1, 0.15) is 19.8 Å². The van der Waals surface area contributed by atoms with Crippen molar-refractivity contribution >= 4 is 18.4 Å². The molecule has 10 heavy (non-hydrogen) atoms. The van der Waals surface area contributed by atoms with Gasteiger partial charge in [-0.15, -0.1) is 12.4 Å². The van der Waals surface area contributed by atoms with E-state index in [1.165, 1.54) is 0 Å². The topological polar surface area (TPSA) is 63.3 Å². The minimum atomic E-state index is -0.757. The molecule has 0 amide bonds. The first-order valence-corrected chi connectivity index (χ1v) is 3.12. The second-order valence-corrected chi connectivity index (χ2v) is 2.11. The minimum Gasteiger partial charge on any atom is -0.481 e. The molecule has 0 aromatic heterocycles. The van der Waals surface area contributed by atoms with Gasteiger partial charge in [0.25, 0.3) is 0 Å². The summed E-state index contributed by atoms with van der Waals surface area (Å²) in [6.45, 7) is 2.42. The molecule has 0 saturated carbocycles. The first-order chi connectivity index (χ1) is 4.20. The summed E-state index contributed by atoms with van der Waals surface area (Å²) in [5.41, 5.74) is 5.27. The standard InChI is InChI=1S/C6H13NO2.ClH/c1-2-5(4-7)3-6(8)9;/h5H,2-4,7H2,1H3,(H,8,9);1H/t5-;/m1./s1. The van der Waals surface area contributed by atoms with Crippen LogP contribution in [0.3, 0.4) is 0 Å². The van der Waals surface area contributed by atoms with Crippen LogP contribution in [-0.4, -0.2) is 17.6 Å². The van der Waals surface area contributed by atoms with Gasteiger partial charge in [-0.05, 0) is 12.5 Å². The van der Waals surface area contributed by atoms with Gasteiger partial charge in [0.05, 0.1) is 0 Å². The van der Waals surface area contributed by atoms with Crippen LogP contribution in [0, 0.1) is 5.92 Å². The van der Waals surface area contributed by atoms with Gasteiger partial charge in [0.15, 0.2) is 0 Å². The zero-order chi connectivity index (χ0) is 7.28. The molecule has 0 unspecified atom stereocenters. The predicted molar refractivity (Wildman–Crippen MR) is 42.3 cm³/mol. The lowest BCUT2D eigenvalue weighted by Crippen LogP contribution is -2.16. The van der Waals surface area contributed by atoms with Crippen molar-refractivity contribution < 1.29 is 9.90 Å². The Morgan fingerprint density at radius 3 is 2.30 bits per heavy atom. The average molecular weight is 168 g/mol. The highest BCUT2D eigenvalue weighted by Crippen LogP contribution is 2.04. The molecule has 0 bridgehead atoms. The third-order valence-corrected chi connectivity index (χ3v) is 1.37. The number of halogens is 1. The molecule has 0 aromatic carbocycles. The van der Waals surface area contributed by atoms with Crippen molar-refractivity contribution in [1.82, 2.24) is 0 Å². The van der Waals surface area contributed by atoms with Gasteiger partial charge < -0.3 is 10.8 Å². The molecule has 62 valence electrons. The smallest absolute Gasteiger partial charge is 0.303 e. The summed E-state index contributed by atoms with van der Waals surface area (Å²) in [5.74, 6) is -0.602. The molecule has 0 aromatic rings. The van der Waals surface area contributed by atoms with Crippen LogP contribution in [0.25, 0.3) is 0 Å². The van der Waals surface area contributed by atoms with Gasteiger partial charge in [0.2, 0.25) is 0 Å². The van der Waals surface area contributed by atoms with E-state index < -0.39 is 5.97 Å². The van der Waals surface area contributed by atoms with Crippen LogP contribution in [0.2, 0.25) is 0 Å². The molecule has 1 atom stereocenters. The van der Waals surface area contributed by atoms with Crippen LogP contribution in [0.5, 0.6) is 0 Å². The van der Waals surface area contributed by atoms with E-state index >= 15 is 0 Å². The van der Waals surface area contributed by atoms with E-state index in [0.29, 0.717) is 6.54 Å². The van der Waals surface area contributed by atoms with Crippen molar-refractivity contribution in [3.63, 3.8) is 0 Å². The normalized spacial score (nSPS) is 11.8. The largest absolute Gasteiger partial charge is 0.481 e. The Bertz CT molecular complexity index is 93.7. The van der Waals surface area contributed by atoms with Crippen molar-refractivity contribution in [2.75, 3.05) is 6.54 Å². The average Bonchev–Trinajstić information content (AvgIpc) is 1.82. The summed E-state index contributed by atoms with van der Waals surface area (Å²) < 4.78 is 0. The Morgan fingerprint density at radius 2 is 2.20 bits per heavy atom. The van der Waals surface area contributed by atoms with E-state index in [4.69, 9.17) is 10.8 Å². The summed E-state index contributed by atoms with van der Waals surface area (Å²) in [6.07, 6.45) is 1.05. The van der Waals surface area contributed by atoms with Gasteiger partial charge in [0.1, 0.15) is 0 Å². The van der Waals surface area contributed by atoms with E-state index in [1.54, 1.807) is 0 Å². The number of carboxylic acid groups (broad SMARTS) is 1. The van der Waals surface area contributed by atoms with Crippen LogP contribution in [0.4, 0.5) is 0 Å². The zero-order valence-electron chi connectivity index (χ0n) is 6.04. The molecular weight excluding hydrogens is 154 g/mol. The maximum Gasteiger partial charge on any atom is 0.303 e. The second-order valence-electron chi connectivity index (χ2n) is 2.11. The fourth-order valence-electron chi connectivity index (χ4n) is 0.641. The molecule has 3 N–H and O–H groups in total. The van der Waals surface area contributed by atoms with Crippen molar-refractivity contribution in [1.29, 1.82) is 0 Å². The molecule has 0 saturated heterocycles. The molecule has 0 radical (unpaired) electrons. The van der Waals surface area contributed by atoms with Crippen LogP contribution in [0.15, 0.2) is 0 Å². The lowest BCUT2D eigenvalue weighted by atomic mass is 10.0. The monoisotopic (exact) mass is 167 g/mol. The van der Waals surface area contributed by atoms with Gasteiger partial charge >= 0.3 is 5.97 Å². The Kier molecular flexibility index (Phi) is 8.48. The maximum atomic E-state index is 10.1. The number of nitrogens with two attached hydrogens (primary N) is 1. The second kappa shape index (κ2) is 6.83. The molecule has 4 heteroatoms. The van der Waals surface area contributed by atoms with Crippen LogP contribution >= 0.6 is 12.4 Å². The van der Waals surface area contributed by atoms with Gasteiger partial charge in [0, 0.05) is 6.42 Å². The number of carboxylic acids is 1. The molecule has 0 aliphatic rings. The quantitative estimate of drug-likeness (QED) is 0.653. The fourth-order valence-corrected chi connectivity index (χ4v) is 0.641. The first-order valence-electron chi connectivity index (χ1n) is 3.12. The molecule has 0 rings (SSSR count). The SMILES string of the molecule is CC[C@@H](CN)CC(=O)O.Cl. The maximum absolute atomic E-state index is 10.1. The number of hydrogen-bond donors (Lipinski definition) is 2. The number of rotatable bonds is 4. The van der Waals surface area contributed by atoms with Gasteiger partial charge in [-0.25, -0.2) is 0 Å². The van der Waals surface area contributed by atoms with Crippen molar-refractivity contribution in [3.05, 3.63) is 0 Å². The van der Waals surface area contributed by atoms with Gasteiger partial charge in [-0.2, -0.15) is 0 Å². The van der Waals surface area contributed by atoms with Gasteiger partial charge in [-0.1, -0.05) is 13.3 Å². The third-order valence-electron chi connectivity index (χ3n) is 1.37. The fraction of sp³-hybridized carbons (Fsp3) is 0.833. The molecule has 0 heterocycles. The Balaban J connectivity index is 0. The number of hydrogen-bond acceptors (Lipinski definition) is 2. The van der Waals surface area contributed by atoms with Crippen molar-refractivity contribution in [2.24, 2.45) is 11.7 Å². The Morgan fingerprint density at radius 1 is 1.70 bits per heavy atom. The van der Waals surface area contributed by atoms with E-state index in [0.717, 1.165) is 6.42 Å². The van der Waals surface area contributed by atoms with Crippen LogP contribution in [-0.2, 0) is 4.79 Å². The molecule has 3 nitrogen and oxygen atoms in total. The summed E-state index contributed by atoms with van der Waals surface area (Å²) in [6, 6.07) is 0. The molecule has 0 aliphatic heterocycles. The lowest BCUT2D eigenvalue weighted by molar-refractivity contribution is -0.138. The lowest BCUT2D eigenvalue weighted by Gasteiger charge is -2.06. The van der Waals surface area contributed by atoms with Crippen molar-refractivity contribution in [2.45, 2.75) is 19.8 Å². The minimum absolute atomic E-state index is 0. The third kappa shape index (κ3) is 5.85. The molecule has 0 spiro atoms. The number of carbonyl (C=O) groups is 1. The van der Waals surface area contributed by atoms with Crippen LogP contribution < -0.4 is 5.73 Å². The van der Waals surface area contributed by atoms with E-state index in [2.05, 4.69) is 0 Å². The number of aliphatic carboxylic acids is 1.